The molecule has 96 valence electrons. The molecule has 17 heavy (non-hydrogen) atoms. The second-order valence-corrected chi connectivity index (χ2v) is 7.22. The van der Waals surface area contributed by atoms with Gasteiger partial charge in [0.25, 0.3) is 0 Å². The van der Waals surface area contributed by atoms with Crippen molar-refractivity contribution in [1.82, 2.24) is 4.98 Å². The van der Waals surface area contributed by atoms with E-state index in [9.17, 15) is 4.79 Å². The number of Topliss-reactive ketones (excluding diaryl/α,β-unsaturated/α-hetero) is 1. The maximum absolute atomic E-state index is 12.0. The maximum Gasteiger partial charge on any atom is 0.139 e. The normalized spacial score (nSPS) is 13.8. The van der Waals surface area contributed by atoms with E-state index in [4.69, 9.17) is 0 Å². The van der Waals surface area contributed by atoms with Crippen LogP contribution in [0.5, 0.6) is 0 Å². The molecule has 1 unspecified atom stereocenters. The Balaban J connectivity index is 2.56. The summed E-state index contributed by atoms with van der Waals surface area (Å²) in [7, 11) is 0. The first-order valence-electron chi connectivity index (χ1n) is 6.14. The summed E-state index contributed by atoms with van der Waals surface area (Å²) >= 11 is 1.65. The minimum absolute atomic E-state index is 0.199. The van der Waals surface area contributed by atoms with Gasteiger partial charge in [-0.15, -0.1) is 11.3 Å². The average Bonchev–Trinajstić information content (AvgIpc) is 2.43. The number of hydrogen-bond acceptors (Lipinski definition) is 3. The van der Waals surface area contributed by atoms with Gasteiger partial charge in [-0.05, 0) is 25.2 Å². The molecule has 0 aromatic carbocycles. The zero-order valence-corrected chi connectivity index (χ0v) is 12.6. The zero-order chi connectivity index (χ0) is 13.2. The van der Waals surface area contributed by atoms with Crippen LogP contribution in [0, 0.1) is 25.2 Å². The molecule has 0 saturated carbocycles. The summed E-state index contributed by atoms with van der Waals surface area (Å²) < 4.78 is 0. The molecule has 0 amide bonds. The molecule has 1 rings (SSSR count). The fourth-order valence-corrected chi connectivity index (χ4v) is 2.47. The standard InChI is InChI=1S/C14H23NOS/c1-9(14(4,5)6)7-12(16)8-13-15-10(2)11(3)17-13/h9H,7-8H2,1-6H3. The molecule has 1 atom stereocenters. The number of nitrogens with zero attached hydrogens (tertiary/aromatic N) is 1. The van der Waals surface area contributed by atoms with E-state index in [2.05, 4.69) is 39.6 Å². The van der Waals surface area contributed by atoms with Crippen LogP contribution in [-0.4, -0.2) is 10.8 Å². The number of aromatic nitrogens is 1. The molecule has 0 radical (unpaired) electrons. The fourth-order valence-electron chi connectivity index (χ4n) is 1.50. The van der Waals surface area contributed by atoms with E-state index in [-0.39, 0.29) is 5.41 Å². The van der Waals surface area contributed by atoms with E-state index in [0.29, 0.717) is 24.5 Å². The quantitative estimate of drug-likeness (QED) is 0.813. The maximum atomic E-state index is 12.0. The third-order valence-corrected chi connectivity index (χ3v) is 4.51. The van der Waals surface area contributed by atoms with Gasteiger partial charge < -0.3 is 0 Å². The van der Waals surface area contributed by atoms with Crippen molar-refractivity contribution in [1.29, 1.82) is 0 Å². The molecule has 2 nitrogen and oxygen atoms in total. The molecule has 0 aliphatic carbocycles. The van der Waals surface area contributed by atoms with E-state index in [1.807, 2.05) is 6.92 Å². The average molecular weight is 253 g/mol. The number of hydrogen-bond donors (Lipinski definition) is 0. The summed E-state index contributed by atoms with van der Waals surface area (Å²) in [5.74, 6) is 0.721. The Bertz CT molecular complexity index is 381. The summed E-state index contributed by atoms with van der Waals surface area (Å²) in [4.78, 5) is 17.6. The molecular formula is C14H23NOS. The predicted molar refractivity (Wildman–Crippen MR) is 73.5 cm³/mol. The first-order valence-corrected chi connectivity index (χ1v) is 6.96. The SMILES string of the molecule is Cc1nc(CC(=O)CC(C)C(C)(C)C)sc1C. The summed E-state index contributed by atoms with van der Waals surface area (Å²) in [6.07, 6.45) is 1.15. The number of carbonyl (C=O) groups excluding carboxylic acids is 1. The van der Waals surface area contributed by atoms with Gasteiger partial charge in [0.1, 0.15) is 10.8 Å². The van der Waals surface area contributed by atoms with E-state index in [0.717, 1.165) is 10.7 Å². The van der Waals surface area contributed by atoms with E-state index >= 15 is 0 Å². The van der Waals surface area contributed by atoms with Crippen LogP contribution < -0.4 is 0 Å². The van der Waals surface area contributed by atoms with Gasteiger partial charge in [-0.25, -0.2) is 4.98 Å². The minimum atomic E-state index is 0.199. The van der Waals surface area contributed by atoms with Gasteiger partial charge in [-0.3, -0.25) is 4.79 Å². The third-order valence-electron chi connectivity index (χ3n) is 3.43. The number of thiazole rings is 1. The first kappa shape index (κ1) is 14.4. The van der Waals surface area contributed by atoms with Crippen molar-refractivity contribution in [3.63, 3.8) is 0 Å². The van der Waals surface area contributed by atoms with Gasteiger partial charge in [0.2, 0.25) is 0 Å². The molecule has 0 fully saturated rings. The molecule has 1 aromatic heterocycles. The van der Waals surface area contributed by atoms with Crippen LogP contribution in [-0.2, 0) is 11.2 Å². The summed E-state index contributed by atoms with van der Waals surface area (Å²) in [5.41, 5.74) is 1.26. The third kappa shape index (κ3) is 4.23. The Labute approximate surface area is 108 Å². The van der Waals surface area contributed by atoms with Crippen molar-refractivity contribution in [3.05, 3.63) is 15.6 Å². The zero-order valence-electron chi connectivity index (χ0n) is 11.8. The molecule has 0 aliphatic heterocycles. The van der Waals surface area contributed by atoms with E-state index in [1.165, 1.54) is 4.88 Å². The van der Waals surface area contributed by atoms with Gasteiger partial charge in [0.15, 0.2) is 0 Å². The van der Waals surface area contributed by atoms with Crippen LogP contribution in [0.3, 0.4) is 0 Å². The fraction of sp³-hybridized carbons (Fsp3) is 0.714. The summed E-state index contributed by atoms with van der Waals surface area (Å²) in [6.45, 7) is 12.8. The molecule has 0 aliphatic rings. The molecule has 1 heterocycles. The molecule has 0 spiro atoms. The topological polar surface area (TPSA) is 30.0 Å². The Morgan fingerprint density at radius 1 is 1.35 bits per heavy atom. The lowest BCUT2D eigenvalue weighted by Crippen LogP contribution is -2.21. The lowest BCUT2D eigenvalue weighted by molar-refractivity contribution is -0.120. The van der Waals surface area contributed by atoms with Gasteiger partial charge in [-0.1, -0.05) is 27.7 Å². The smallest absolute Gasteiger partial charge is 0.139 e. The molecular weight excluding hydrogens is 230 g/mol. The molecule has 0 saturated heterocycles. The van der Waals surface area contributed by atoms with Crippen LogP contribution in [0.25, 0.3) is 0 Å². The highest BCUT2D eigenvalue weighted by Crippen LogP contribution is 2.28. The van der Waals surface area contributed by atoms with Gasteiger partial charge in [-0.2, -0.15) is 0 Å². The predicted octanol–water partition coefficient (Wildman–Crippen LogP) is 3.94. The Morgan fingerprint density at radius 2 is 1.94 bits per heavy atom. The van der Waals surface area contributed by atoms with Crippen LogP contribution in [0.2, 0.25) is 0 Å². The molecule has 1 aromatic rings. The lowest BCUT2D eigenvalue weighted by atomic mass is 9.79. The summed E-state index contributed by atoms with van der Waals surface area (Å²) in [5, 5.41) is 0.964. The second kappa shape index (κ2) is 5.30. The van der Waals surface area contributed by atoms with Gasteiger partial charge in [0.05, 0.1) is 12.1 Å². The van der Waals surface area contributed by atoms with Crippen molar-refractivity contribution in [3.8, 4) is 0 Å². The van der Waals surface area contributed by atoms with Gasteiger partial charge >= 0.3 is 0 Å². The van der Waals surface area contributed by atoms with Crippen LogP contribution in [0.1, 0.15) is 49.7 Å². The van der Waals surface area contributed by atoms with Crippen molar-refractivity contribution >= 4 is 17.1 Å². The molecule has 0 bridgehead atoms. The number of carbonyl (C=O) groups is 1. The Hall–Kier alpha value is -0.700. The van der Waals surface area contributed by atoms with Crippen molar-refractivity contribution in [2.45, 2.75) is 54.4 Å². The number of rotatable bonds is 4. The van der Waals surface area contributed by atoms with Crippen molar-refractivity contribution in [2.75, 3.05) is 0 Å². The van der Waals surface area contributed by atoms with Crippen LogP contribution >= 0.6 is 11.3 Å². The van der Waals surface area contributed by atoms with E-state index < -0.39 is 0 Å². The van der Waals surface area contributed by atoms with Crippen LogP contribution in [0.4, 0.5) is 0 Å². The largest absolute Gasteiger partial charge is 0.299 e. The van der Waals surface area contributed by atoms with Crippen LogP contribution in [0.15, 0.2) is 0 Å². The highest BCUT2D eigenvalue weighted by molar-refractivity contribution is 7.11. The van der Waals surface area contributed by atoms with E-state index in [1.54, 1.807) is 11.3 Å². The monoisotopic (exact) mass is 253 g/mol. The second-order valence-electron chi connectivity index (χ2n) is 5.94. The highest BCUT2D eigenvalue weighted by atomic mass is 32.1. The first-order chi connectivity index (χ1) is 7.70. The van der Waals surface area contributed by atoms with Gasteiger partial charge in [0, 0.05) is 11.3 Å². The van der Waals surface area contributed by atoms with Crippen molar-refractivity contribution in [2.24, 2.45) is 11.3 Å². The Morgan fingerprint density at radius 3 is 2.35 bits per heavy atom. The van der Waals surface area contributed by atoms with Crippen molar-refractivity contribution < 1.29 is 4.79 Å². The molecule has 0 N–H and O–H groups in total. The molecule has 3 heteroatoms. The minimum Gasteiger partial charge on any atom is -0.299 e. The Kier molecular flexibility index (Phi) is 4.48. The highest BCUT2D eigenvalue weighted by Gasteiger charge is 2.23. The lowest BCUT2D eigenvalue weighted by Gasteiger charge is -2.26. The number of ketones is 1. The summed E-state index contributed by atoms with van der Waals surface area (Å²) in [6, 6.07) is 0. The number of aryl methyl sites for hydroxylation is 2.